The highest BCUT2D eigenvalue weighted by molar-refractivity contribution is 5.89. The van der Waals surface area contributed by atoms with E-state index in [4.69, 9.17) is 4.52 Å². The van der Waals surface area contributed by atoms with Crippen molar-refractivity contribution in [1.82, 2.24) is 10.1 Å². The molecule has 1 aromatic carbocycles. The second-order valence-electron chi connectivity index (χ2n) is 5.70. The number of urea groups is 1. The summed E-state index contributed by atoms with van der Waals surface area (Å²) in [5, 5.41) is 6.89. The van der Waals surface area contributed by atoms with Crippen LogP contribution < -0.4 is 5.32 Å². The Morgan fingerprint density at radius 2 is 2.18 bits per heavy atom. The summed E-state index contributed by atoms with van der Waals surface area (Å²) in [6, 6.07) is 9.78. The highest BCUT2D eigenvalue weighted by atomic mass is 16.5. The fourth-order valence-corrected chi connectivity index (χ4v) is 2.86. The summed E-state index contributed by atoms with van der Waals surface area (Å²) < 4.78 is 5.34. The molecule has 1 aliphatic heterocycles. The molecule has 22 heavy (non-hydrogen) atoms. The third-order valence-electron chi connectivity index (χ3n) is 4.10. The van der Waals surface area contributed by atoms with E-state index in [1.807, 2.05) is 42.2 Å². The summed E-state index contributed by atoms with van der Waals surface area (Å²) in [5.41, 5.74) is 2.92. The van der Waals surface area contributed by atoms with Crippen LogP contribution in [0.3, 0.4) is 0 Å². The second-order valence-corrected chi connectivity index (χ2v) is 5.70. The van der Waals surface area contributed by atoms with Gasteiger partial charge in [0.15, 0.2) is 5.76 Å². The molecule has 116 valence electrons. The molecule has 1 aromatic heterocycles. The minimum absolute atomic E-state index is 0.0175. The Labute approximate surface area is 130 Å². The predicted octanol–water partition coefficient (Wildman–Crippen LogP) is 3.91. The maximum Gasteiger partial charge on any atom is 0.322 e. The Morgan fingerprint density at radius 1 is 1.41 bits per heavy atom. The maximum absolute atomic E-state index is 12.5. The number of anilines is 1. The Bertz CT molecular complexity index is 648. The van der Waals surface area contributed by atoms with E-state index in [1.54, 1.807) is 0 Å². The number of carbonyl (C=O) groups is 1. The first-order valence-electron chi connectivity index (χ1n) is 7.77. The van der Waals surface area contributed by atoms with Gasteiger partial charge in [-0.05, 0) is 43.9 Å². The lowest BCUT2D eigenvalue weighted by molar-refractivity contribution is 0.195. The number of aryl methyl sites for hydroxylation is 2. The van der Waals surface area contributed by atoms with Gasteiger partial charge in [0.25, 0.3) is 0 Å². The van der Waals surface area contributed by atoms with Crippen molar-refractivity contribution in [2.75, 3.05) is 11.9 Å². The van der Waals surface area contributed by atoms with Crippen molar-refractivity contribution in [2.45, 2.75) is 39.2 Å². The standard InChI is InChI=1S/C17H21N3O2/c1-3-13-6-8-14(9-7-13)18-17(21)20-10-4-5-15(20)16-11-12(2)19-22-16/h6-9,11,15H,3-5,10H2,1-2H3,(H,18,21). The number of hydrogen-bond donors (Lipinski definition) is 1. The zero-order valence-corrected chi connectivity index (χ0v) is 13.0. The van der Waals surface area contributed by atoms with Crippen molar-refractivity contribution in [1.29, 1.82) is 0 Å². The molecule has 1 N–H and O–H groups in total. The summed E-state index contributed by atoms with van der Waals surface area (Å²) >= 11 is 0. The smallest absolute Gasteiger partial charge is 0.322 e. The van der Waals surface area contributed by atoms with Crippen LogP contribution in [-0.4, -0.2) is 22.6 Å². The highest BCUT2D eigenvalue weighted by Crippen LogP contribution is 2.32. The van der Waals surface area contributed by atoms with Crippen molar-refractivity contribution < 1.29 is 9.32 Å². The third-order valence-corrected chi connectivity index (χ3v) is 4.10. The molecule has 2 heterocycles. The SMILES string of the molecule is CCc1ccc(NC(=O)N2CCCC2c2cc(C)no2)cc1. The van der Waals surface area contributed by atoms with Crippen LogP contribution in [0.25, 0.3) is 0 Å². The van der Waals surface area contributed by atoms with Gasteiger partial charge in [0, 0.05) is 18.3 Å². The molecule has 0 spiro atoms. The lowest BCUT2D eigenvalue weighted by Crippen LogP contribution is -2.34. The van der Waals surface area contributed by atoms with Crippen LogP contribution in [0.4, 0.5) is 10.5 Å². The number of benzene rings is 1. The first-order chi connectivity index (χ1) is 10.7. The van der Waals surface area contributed by atoms with Crippen LogP contribution in [0, 0.1) is 6.92 Å². The van der Waals surface area contributed by atoms with Gasteiger partial charge in [-0.25, -0.2) is 4.79 Å². The van der Waals surface area contributed by atoms with E-state index in [9.17, 15) is 4.79 Å². The molecule has 1 atom stereocenters. The molecule has 2 amide bonds. The van der Waals surface area contributed by atoms with E-state index in [-0.39, 0.29) is 12.1 Å². The molecule has 0 aliphatic carbocycles. The van der Waals surface area contributed by atoms with Gasteiger partial charge in [-0.15, -0.1) is 0 Å². The zero-order chi connectivity index (χ0) is 15.5. The molecule has 1 saturated heterocycles. The second kappa shape index (κ2) is 6.22. The lowest BCUT2D eigenvalue weighted by atomic mass is 10.1. The van der Waals surface area contributed by atoms with E-state index >= 15 is 0 Å². The van der Waals surface area contributed by atoms with Gasteiger partial charge in [0.1, 0.15) is 0 Å². The molecule has 3 rings (SSSR count). The number of nitrogens with one attached hydrogen (secondary N) is 1. The van der Waals surface area contributed by atoms with Crippen LogP contribution in [0.1, 0.15) is 42.8 Å². The fourth-order valence-electron chi connectivity index (χ4n) is 2.86. The van der Waals surface area contributed by atoms with Gasteiger partial charge < -0.3 is 14.7 Å². The maximum atomic E-state index is 12.5. The molecule has 2 aromatic rings. The third kappa shape index (κ3) is 2.98. The molecule has 1 unspecified atom stereocenters. The topological polar surface area (TPSA) is 58.4 Å². The quantitative estimate of drug-likeness (QED) is 0.934. The van der Waals surface area contributed by atoms with Crippen molar-refractivity contribution in [2.24, 2.45) is 0 Å². The van der Waals surface area contributed by atoms with Crippen LogP contribution in [-0.2, 0) is 6.42 Å². The monoisotopic (exact) mass is 299 g/mol. The van der Waals surface area contributed by atoms with E-state index in [1.165, 1.54) is 5.56 Å². The molecule has 0 radical (unpaired) electrons. The van der Waals surface area contributed by atoms with Gasteiger partial charge in [-0.2, -0.15) is 0 Å². The van der Waals surface area contributed by atoms with Gasteiger partial charge in [0.2, 0.25) is 0 Å². The number of likely N-dealkylation sites (tertiary alicyclic amines) is 1. The largest absolute Gasteiger partial charge is 0.359 e. The summed E-state index contributed by atoms with van der Waals surface area (Å²) in [6.07, 6.45) is 2.89. The summed E-state index contributed by atoms with van der Waals surface area (Å²) in [6.45, 7) is 4.74. The highest BCUT2D eigenvalue weighted by Gasteiger charge is 2.32. The molecular weight excluding hydrogens is 278 g/mol. The van der Waals surface area contributed by atoms with Gasteiger partial charge in [-0.3, -0.25) is 0 Å². The first-order valence-corrected chi connectivity index (χ1v) is 7.77. The van der Waals surface area contributed by atoms with Crippen LogP contribution in [0.5, 0.6) is 0 Å². The van der Waals surface area contributed by atoms with E-state index in [0.717, 1.165) is 42.9 Å². The lowest BCUT2D eigenvalue weighted by Gasteiger charge is -2.23. The zero-order valence-electron chi connectivity index (χ0n) is 13.0. The summed E-state index contributed by atoms with van der Waals surface area (Å²) in [5.74, 6) is 0.770. The van der Waals surface area contributed by atoms with Gasteiger partial charge >= 0.3 is 6.03 Å². The number of nitrogens with zero attached hydrogens (tertiary/aromatic N) is 2. The summed E-state index contributed by atoms with van der Waals surface area (Å²) in [7, 11) is 0. The molecule has 1 fully saturated rings. The van der Waals surface area contributed by atoms with E-state index in [0.29, 0.717) is 0 Å². The van der Waals surface area contributed by atoms with Gasteiger partial charge in [-0.1, -0.05) is 24.2 Å². The number of rotatable bonds is 3. The molecule has 5 nitrogen and oxygen atoms in total. The van der Waals surface area contributed by atoms with Gasteiger partial charge in [0.05, 0.1) is 11.7 Å². The van der Waals surface area contributed by atoms with Crippen molar-refractivity contribution in [3.05, 3.63) is 47.3 Å². The first kappa shape index (κ1) is 14.6. The van der Waals surface area contributed by atoms with Crippen molar-refractivity contribution in [3.8, 4) is 0 Å². The summed E-state index contributed by atoms with van der Waals surface area (Å²) in [4.78, 5) is 14.3. The van der Waals surface area contributed by atoms with Crippen molar-refractivity contribution >= 4 is 11.7 Å². The fraction of sp³-hybridized carbons (Fsp3) is 0.412. The predicted molar refractivity (Wildman–Crippen MR) is 84.8 cm³/mol. The molecule has 1 aliphatic rings. The van der Waals surface area contributed by atoms with E-state index in [2.05, 4.69) is 17.4 Å². The number of amides is 2. The van der Waals surface area contributed by atoms with Crippen LogP contribution >= 0.6 is 0 Å². The average molecular weight is 299 g/mol. The molecule has 0 saturated carbocycles. The Morgan fingerprint density at radius 3 is 2.82 bits per heavy atom. The molecule has 0 bridgehead atoms. The number of carbonyl (C=O) groups excluding carboxylic acids is 1. The number of aromatic nitrogens is 1. The number of hydrogen-bond acceptors (Lipinski definition) is 3. The van der Waals surface area contributed by atoms with Crippen molar-refractivity contribution in [3.63, 3.8) is 0 Å². The Balaban J connectivity index is 1.70. The Hall–Kier alpha value is -2.30. The minimum atomic E-state index is -0.0826. The minimum Gasteiger partial charge on any atom is -0.359 e. The van der Waals surface area contributed by atoms with Crippen LogP contribution in [0.2, 0.25) is 0 Å². The average Bonchev–Trinajstić information content (AvgIpc) is 3.16. The molecule has 5 heteroatoms. The normalized spacial score (nSPS) is 17.7. The van der Waals surface area contributed by atoms with E-state index < -0.39 is 0 Å². The Kier molecular flexibility index (Phi) is 4.13. The van der Waals surface area contributed by atoms with Crippen LogP contribution in [0.15, 0.2) is 34.9 Å². The molecular formula is C17H21N3O2.